The molecule has 1 saturated carbocycles. The van der Waals surface area contributed by atoms with Crippen LogP contribution in [0.4, 0.5) is 0 Å². The van der Waals surface area contributed by atoms with Crippen molar-refractivity contribution < 1.29 is 13.9 Å². The average molecular weight is 337 g/mol. The van der Waals surface area contributed by atoms with Crippen LogP contribution in [0.1, 0.15) is 59.5 Å². The standard InChI is InChI=1S/C21H23NO3/c1-13-16(21(23)24-2)8-9-17-18(14-6-4-3-5-7-14)20(22-19(13)17)15-10-11-25-12-15/h8-12,14,22H,3-7H2,1-2H3. The number of carbonyl (C=O) groups excluding carboxylic acids is 1. The number of nitrogens with one attached hydrogen (secondary N) is 1. The SMILES string of the molecule is COC(=O)c1ccc2c(C3CCCCC3)c(-c3ccoc3)[nH]c2c1C. The number of fused-ring (bicyclic) bond motifs is 1. The van der Waals surface area contributed by atoms with Crippen LogP contribution in [0.25, 0.3) is 22.2 Å². The summed E-state index contributed by atoms with van der Waals surface area (Å²) in [6.07, 6.45) is 9.81. The van der Waals surface area contributed by atoms with Gasteiger partial charge in [-0.15, -0.1) is 0 Å². The molecule has 0 unspecified atom stereocenters. The Morgan fingerprint density at radius 1 is 1.20 bits per heavy atom. The van der Waals surface area contributed by atoms with Crippen molar-refractivity contribution in [3.8, 4) is 11.3 Å². The van der Waals surface area contributed by atoms with E-state index in [2.05, 4.69) is 11.1 Å². The van der Waals surface area contributed by atoms with E-state index >= 15 is 0 Å². The average Bonchev–Trinajstić information content (AvgIpc) is 3.30. The molecule has 1 N–H and O–H groups in total. The molecule has 0 saturated heterocycles. The first kappa shape index (κ1) is 16.0. The smallest absolute Gasteiger partial charge is 0.338 e. The number of hydrogen-bond acceptors (Lipinski definition) is 3. The maximum absolute atomic E-state index is 12.0. The van der Waals surface area contributed by atoms with E-state index in [9.17, 15) is 4.79 Å². The number of hydrogen-bond donors (Lipinski definition) is 1. The lowest BCUT2D eigenvalue weighted by molar-refractivity contribution is 0.0600. The second-order valence-corrected chi connectivity index (χ2v) is 6.91. The number of carbonyl (C=O) groups is 1. The van der Waals surface area contributed by atoms with Crippen molar-refractivity contribution in [2.75, 3.05) is 7.11 Å². The highest BCUT2D eigenvalue weighted by molar-refractivity contribution is 6.00. The third-order valence-electron chi connectivity index (χ3n) is 5.50. The molecular formula is C21H23NO3. The Labute approximate surface area is 147 Å². The number of aromatic nitrogens is 1. The number of aromatic amines is 1. The van der Waals surface area contributed by atoms with Gasteiger partial charge in [-0.25, -0.2) is 4.79 Å². The second kappa shape index (κ2) is 6.43. The van der Waals surface area contributed by atoms with Gasteiger partial charge in [0.15, 0.2) is 0 Å². The Bertz CT molecular complexity index is 899. The van der Waals surface area contributed by atoms with Crippen LogP contribution in [0.15, 0.2) is 35.1 Å². The summed E-state index contributed by atoms with van der Waals surface area (Å²) in [4.78, 5) is 15.6. The molecule has 0 aliphatic heterocycles. The molecule has 0 radical (unpaired) electrons. The Hall–Kier alpha value is -2.49. The van der Waals surface area contributed by atoms with Crippen LogP contribution >= 0.6 is 0 Å². The van der Waals surface area contributed by atoms with E-state index in [1.807, 2.05) is 19.1 Å². The minimum atomic E-state index is -0.293. The number of benzene rings is 1. The summed E-state index contributed by atoms with van der Waals surface area (Å²) < 4.78 is 10.2. The molecular weight excluding hydrogens is 314 g/mol. The van der Waals surface area contributed by atoms with Crippen LogP contribution in [-0.4, -0.2) is 18.1 Å². The normalized spacial score (nSPS) is 15.6. The van der Waals surface area contributed by atoms with Crippen LogP contribution in [0.3, 0.4) is 0 Å². The third-order valence-corrected chi connectivity index (χ3v) is 5.50. The molecule has 1 aromatic carbocycles. The molecule has 4 nitrogen and oxygen atoms in total. The highest BCUT2D eigenvalue weighted by Gasteiger charge is 2.25. The van der Waals surface area contributed by atoms with Crippen LogP contribution < -0.4 is 0 Å². The number of esters is 1. The zero-order chi connectivity index (χ0) is 17.4. The van der Waals surface area contributed by atoms with Crippen LogP contribution in [0.5, 0.6) is 0 Å². The van der Waals surface area contributed by atoms with Gasteiger partial charge in [0.25, 0.3) is 0 Å². The van der Waals surface area contributed by atoms with Gasteiger partial charge in [0.2, 0.25) is 0 Å². The van der Waals surface area contributed by atoms with Gasteiger partial charge in [-0.3, -0.25) is 0 Å². The fourth-order valence-corrected chi connectivity index (χ4v) is 4.20. The Kier molecular flexibility index (Phi) is 4.12. The summed E-state index contributed by atoms with van der Waals surface area (Å²) in [5, 5.41) is 1.22. The molecule has 2 heterocycles. The monoisotopic (exact) mass is 337 g/mol. The lowest BCUT2D eigenvalue weighted by Gasteiger charge is -2.22. The van der Waals surface area contributed by atoms with Crippen LogP contribution in [0, 0.1) is 6.92 Å². The maximum atomic E-state index is 12.0. The highest BCUT2D eigenvalue weighted by atomic mass is 16.5. The van der Waals surface area contributed by atoms with Crippen LogP contribution in [-0.2, 0) is 4.74 Å². The van der Waals surface area contributed by atoms with E-state index in [0.717, 1.165) is 22.3 Å². The number of furan rings is 1. The fraction of sp³-hybridized carbons (Fsp3) is 0.381. The van der Waals surface area contributed by atoms with Gasteiger partial charge < -0.3 is 14.1 Å². The first-order valence-corrected chi connectivity index (χ1v) is 8.96. The van der Waals surface area contributed by atoms with Gasteiger partial charge >= 0.3 is 5.97 Å². The molecule has 0 atom stereocenters. The minimum absolute atomic E-state index is 0.293. The molecule has 1 aliphatic carbocycles. The van der Waals surface area contributed by atoms with E-state index in [-0.39, 0.29) is 5.97 Å². The van der Waals surface area contributed by atoms with Gasteiger partial charge in [0.1, 0.15) is 0 Å². The topological polar surface area (TPSA) is 55.2 Å². The summed E-state index contributed by atoms with van der Waals surface area (Å²) in [5.74, 6) is 0.258. The largest absolute Gasteiger partial charge is 0.472 e. The Morgan fingerprint density at radius 2 is 2.00 bits per heavy atom. The fourth-order valence-electron chi connectivity index (χ4n) is 4.20. The van der Waals surface area contributed by atoms with E-state index < -0.39 is 0 Å². The summed E-state index contributed by atoms with van der Waals surface area (Å²) in [6, 6.07) is 5.95. The van der Waals surface area contributed by atoms with Gasteiger partial charge in [0, 0.05) is 16.5 Å². The minimum Gasteiger partial charge on any atom is -0.472 e. The number of ether oxygens (including phenoxy) is 1. The van der Waals surface area contributed by atoms with Crippen LogP contribution in [0.2, 0.25) is 0 Å². The Balaban J connectivity index is 1.95. The first-order valence-electron chi connectivity index (χ1n) is 8.96. The van der Waals surface area contributed by atoms with Gasteiger partial charge in [0.05, 0.1) is 30.9 Å². The molecule has 25 heavy (non-hydrogen) atoms. The summed E-state index contributed by atoms with van der Waals surface area (Å²) in [6.45, 7) is 1.98. The lowest BCUT2D eigenvalue weighted by Crippen LogP contribution is -2.06. The highest BCUT2D eigenvalue weighted by Crippen LogP contribution is 2.43. The van der Waals surface area contributed by atoms with E-state index in [1.165, 1.54) is 50.2 Å². The summed E-state index contributed by atoms with van der Waals surface area (Å²) >= 11 is 0. The molecule has 3 aromatic rings. The van der Waals surface area contributed by atoms with E-state index in [0.29, 0.717) is 11.5 Å². The molecule has 1 fully saturated rings. The van der Waals surface area contributed by atoms with Gasteiger partial charge in [-0.1, -0.05) is 25.3 Å². The second-order valence-electron chi connectivity index (χ2n) is 6.91. The molecule has 2 aromatic heterocycles. The van der Waals surface area contributed by atoms with Crippen molar-refractivity contribution in [3.63, 3.8) is 0 Å². The number of rotatable bonds is 3. The molecule has 4 heteroatoms. The zero-order valence-corrected chi connectivity index (χ0v) is 14.7. The number of methoxy groups -OCH3 is 1. The quantitative estimate of drug-likeness (QED) is 0.636. The third kappa shape index (κ3) is 2.66. The number of aryl methyl sites for hydroxylation is 1. The van der Waals surface area contributed by atoms with Crippen molar-refractivity contribution in [1.82, 2.24) is 4.98 Å². The first-order chi connectivity index (χ1) is 12.2. The molecule has 0 bridgehead atoms. The molecule has 0 amide bonds. The predicted octanol–water partition coefficient (Wildman–Crippen LogP) is 5.57. The van der Waals surface area contributed by atoms with E-state index in [1.54, 1.807) is 12.5 Å². The van der Waals surface area contributed by atoms with Gasteiger partial charge in [-0.05, 0) is 48.9 Å². The number of H-pyrrole nitrogens is 1. The molecule has 130 valence electrons. The molecule has 1 aliphatic rings. The zero-order valence-electron chi connectivity index (χ0n) is 14.7. The van der Waals surface area contributed by atoms with Crippen molar-refractivity contribution in [1.29, 1.82) is 0 Å². The maximum Gasteiger partial charge on any atom is 0.338 e. The molecule has 0 spiro atoms. The van der Waals surface area contributed by atoms with Crippen molar-refractivity contribution in [3.05, 3.63) is 47.4 Å². The summed E-state index contributed by atoms with van der Waals surface area (Å²) in [5.41, 5.74) is 6.15. The summed E-state index contributed by atoms with van der Waals surface area (Å²) in [7, 11) is 1.42. The lowest BCUT2D eigenvalue weighted by atomic mass is 9.82. The predicted molar refractivity (Wildman–Crippen MR) is 97.9 cm³/mol. The van der Waals surface area contributed by atoms with Crippen molar-refractivity contribution >= 4 is 16.9 Å². The van der Waals surface area contributed by atoms with E-state index in [4.69, 9.17) is 9.15 Å². The van der Waals surface area contributed by atoms with Crippen molar-refractivity contribution in [2.24, 2.45) is 0 Å². The Morgan fingerprint density at radius 3 is 2.68 bits per heavy atom. The van der Waals surface area contributed by atoms with Gasteiger partial charge in [-0.2, -0.15) is 0 Å². The van der Waals surface area contributed by atoms with Crippen molar-refractivity contribution in [2.45, 2.75) is 44.9 Å². The molecule has 4 rings (SSSR count).